The van der Waals surface area contributed by atoms with Crippen LogP contribution in [0, 0.1) is 13.8 Å². The summed E-state index contributed by atoms with van der Waals surface area (Å²) in [5.41, 5.74) is 6.34. The van der Waals surface area contributed by atoms with Gasteiger partial charge in [0.15, 0.2) is 0 Å². The maximum Gasteiger partial charge on any atom is 0.403 e. The number of azo groups is 2. The number of aryl methyl sites for hydroxylation is 6. The van der Waals surface area contributed by atoms with E-state index in [4.69, 9.17) is 0 Å². The SMILES string of the molecule is Cc1cc(N=Nc2n(C)nc[n+]2C)ccc1N(C)CCCN(C)c1ccc(N=Nc2n(C)nc[n+]2C)cc1C. The van der Waals surface area contributed by atoms with Gasteiger partial charge >= 0.3 is 11.9 Å². The Balaban J connectivity index is 1.32. The summed E-state index contributed by atoms with van der Waals surface area (Å²) in [5.74, 6) is 1.37. The minimum Gasteiger partial charge on any atom is -0.374 e. The first kappa shape index (κ1) is 27.6. The van der Waals surface area contributed by atoms with Crippen LogP contribution in [0.5, 0.6) is 0 Å². The molecule has 0 fully saturated rings. The molecule has 12 nitrogen and oxygen atoms in total. The topological polar surface area (TPSA) is 99.3 Å². The van der Waals surface area contributed by atoms with Gasteiger partial charge in [-0.25, -0.2) is 9.13 Å². The zero-order valence-electron chi connectivity index (χ0n) is 24.1. The van der Waals surface area contributed by atoms with Crippen LogP contribution in [-0.2, 0) is 28.2 Å². The Kier molecular flexibility index (Phi) is 8.43. The van der Waals surface area contributed by atoms with E-state index in [1.807, 2.05) is 49.5 Å². The van der Waals surface area contributed by atoms with Gasteiger partial charge < -0.3 is 9.80 Å². The molecule has 0 saturated heterocycles. The van der Waals surface area contributed by atoms with Crippen LogP contribution in [0.3, 0.4) is 0 Å². The fourth-order valence-corrected chi connectivity index (χ4v) is 4.49. The first-order valence-corrected chi connectivity index (χ1v) is 12.9. The molecule has 0 radical (unpaired) electrons. The van der Waals surface area contributed by atoms with E-state index >= 15 is 0 Å². The molecule has 204 valence electrons. The Bertz CT molecular complexity index is 1350. The monoisotopic (exact) mass is 530 g/mol. The van der Waals surface area contributed by atoms with Crippen LogP contribution in [-0.4, -0.2) is 46.7 Å². The zero-order chi connectivity index (χ0) is 28.1. The van der Waals surface area contributed by atoms with Crippen LogP contribution in [0.15, 0.2) is 69.5 Å². The van der Waals surface area contributed by atoms with E-state index < -0.39 is 0 Å². The molecule has 0 saturated carbocycles. The molecule has 0 amide bonds. The highest BCUT2D eigenvalue weighted by molar-refractivity contribution is 5.59. The molecule has 0 aliphatic rings. The maximum absolute atomic E-state index is 4.40. The van der Waals surface area contributed by atoms with Crippen molar-refractivity contribution < 1.29 is 9.13 Å². The molecule has 4 aromatic rings. The maximum atomic E-state index is 4.40. The van der Waals surface area contributed by atoms with Gasteiger partial charge in [0.05, 0.1) is 39.6 Å². The highest BCUT2D eigenvalue weighted by Crippen LogP contribution is 2.27. The van der Waals surface area contributed by atoms with Gasteiger partial charge in [0.25, 0.3) is 0 Å². The van der Waals surface area contributed by atoms with Crippen LogP contribution in [0.4, 0.5) is 34.6 Å². The summed E-state index contributed by atoms with van der Waals surface area (Å²) < 4.78 is 7.06. The predicted octanol–water partition coefficient (Wildman–Crippen LogP) is 4.21. The molecular formula is C27H38N12+2. The normalized spacial score (nSPS) is 11.7. The summed E-state index contributed by atoms with van der Waals surface area (Å²) in [6.45, 7) is 6.09. The molecule has 0 aliphatic heterocycles. The van der Waals surface area contributed by atoms with Crippen LogP contribution in [0.25, 0.3) is 0 Å². The fraction of sp³-hybridized carbons (Fsp3) is 0.407. The second-order valence-corrected chi connectivity index (χ2v) is 9.87. The summed E-state index contributed by atoms with van der Waals surface area (Å²) in [7, 11) is 11.8. The summed E-state index contributed by atoms with van der Waals surface area (Å²) in [5, 5.41) is 25.8. The second-order valence-electron chi connectivity index (χ2n) is 9.87. The lowest BCUT2D eigenvalue weighted by Gasteiger charge is -2.25. The van der Waals surface area contributed by atoms with Crippen LogP contribution in [0.2, 0.25) is 0 Å². The minimum absolute atomic E-state index is 0.686. The van der Waals surface area contributed by atoms with Crippen molar-refractivity contribution in [2.75, 3.05) is 37.0 Å². The minimum atomic E-state index is 0.686. The van der Waals surface area contributed by atoms with Crippen molar-refractivity contribution >= 4 is 34.6 Å². The van der Waals surface area contributed by atoms with Crippen molar-refractivity contribution in [1.82, 2.24) is 19.6 Å². The van der Waals surface area contributed by atoms with E-state index in [0.29, 0.717) is 11.9 Å². The molecule has 0 atom stereocenters. The van der Waals surface area contributed by atoms with Crippen LogP contribution < -0.4 is 18.9 Å². The van der Waals surface area contributed by atoms with E-state index in [1.165, 1.54) is 11.4 Å². The van der Waals surface area contributed by atoms with E-state index in [1.54, 1.807) is 22.0 Å². The number of benzene rings is 2. The van der Waals surface area contributed by atoms with Gasteiger partial charge in [-0.1, -0.05) is 10.2 Å². The fourth-order valence-electron chi connectivity index (χ4n) is 4.49. The first-order chi connectivity index (χ1) is 18.6. The third kappa shape index (κ3) is 6.51. The highest BCUT2D eigenvalue weighted by atomic mass is 15.4. The zero-order valence-corrected chi connectivity index (χ0v) is 24.1. The van der Waals surface area contributed by atoms with Gasteiger partial charge in [0.1, 0.15) is 0 Å². The number of hydrogen-bond acceptors (Lipinski definition) is 8. The van der Waals surface area contributed by atoms with Gasteiger partial charge in [-0.2, -0.15) is 0 Å². The molecule has 0 aliphatic carbocycles. The van der Waals surface area contributed by atoms with Gasteiger partial charge in [0.2, 0.25) is 12.7 Å². The Hall–Kier alpha value is -4.48. The third-order valence-electron chi connectivity index (χ3n) is 6.69. The number of aromatic nitrogens is 6. The van der Waals surface area contributed by atoms with Crippen molar-refractivity contribution in [1.29, 1.82) is 0 Å². The Morgan fingerprint density at radius 2 is 1.10 bits per heavy atom. The van der Waals surface area contributed by atoms with Gasteiger partial charge in [-0.3, -0.25) is 0 Å². The Labute approximate surface area is 229 Å². The standard InChI is InChI=1S/C27H38N12/c1-20-16-22(30-32-26-36(5)18-28-38(26)7)10-12-24(20)34(3)14-9-15-35(4)25-13-11-23(17-21(25)2)31-33-27-37(6)19-29-39(27)8/h10-13,16-19H,9,14-15H2,1-8H3/q+2. The molecule has 0 spiro atoms. The lowest BCUT2D eigenvalue weighted by atomic mass is 10.1. The van der Waals surface area contributed by atoms with Crippen LogP contribution in [0.1, 0.15) is 17.5 Å². The Morgan fingerprint density at radius 3 is 1.44 bits per heavy atom. The van der Waals surface area contributed by atoms with Gasteiger partial charge in [-0.05, 0) is 78.0 Å². The lowest BCUT2D eigenvalue weighted by molar-refractivity contribution is -0.659. The summed E-state index contributed by atoms with van der Waals surface area (Å²) in [6, 6.07) is 12.4. The highest BCUT2D eigenvalue weighted by Gasteiger charge is 2.14. The van der Waals surface area contributed by atoms with Crippen molar-refractivity contribution in [3.63, 3.8) is 0 Å². The molecule has 0 bridgehead atoms. The number of nitrogens with zero attached hydrogens (tertiary/aromatic N) is 12. The molecule has 12 heteroatoms. The lowest BCUT2D eigenvalue weighted by Crippen LogP contribution is -2.26. The van der Waals surface area contributed by atoms with E-state index in [0.717, 1.165) is 42.0 Å². The smallest absolute Gasteiger partial charge is 0.374 e. The molecule has 4 rings (SSSR count). The van der Waals surface area contributed by atoms with E-state index in [2.05, 4.69) is 92.7 Å². The first-order valence-electron chi connectivity index (χ1n) is 12.9. The number of rotatable bonds is 10. The largest absolute Gasteiger partial charge is 0.403 e. The Morgan fingerprint density at radius 1 is 0.692 bits per heavy atom. The van der Waals surface area contributed by atoms with Crippen molar-refractivity contribution in [2.24, 2.45) is 48.6 Å². The molecule has 39 heavy (non-hydrogen) atoms. The number of hydrogen-bond donors (Lipinski definition) is 0. The van der Waals surface area contributed by atoms with Crippen LogP contribution >= 0.6 is 0 Å². The molecule has 2 heterocycles. The quantitative estimate of drug-likeness (QED) is 0.226. The molecule has 2 aromatic carbocycles. The van der Waals surface area contributed by atoms with Crippen molar-refractivity contribution in [3.8, 4) is 0 Å². The van der Waals surface area contributed by atoms with E-state index in [9.17, 15) is 0 Å². The van der Waals surface area contributed by atoms with E-state index in [-0.39, 0.29) is 0 Å². The number of anilines is 2. The third-order valence-corrected chi connectivity index (χ3v) is 6.69. The average molecular weight is 531 g/mol. The van der Waals surface area contributed by atoms with Gasteiger partial charge in [-0.15, -0.1) is 9.36 Å². The summed E-state index contributed by atoms with van der Waals surface area (Å²) in [4.78, 5) is 4.58. The van der Waals surface area contributed by atoms with Crippen molar-refractivity contribution in [2.45, 2.75) is 20.3 Å². The molecule has 0 unspecified atom stereocenters. The predicted molar refractivity (Wildman–Crippen MR) is 151 cm³/mol. The summed E-state index contributed by atoms with van der Waals surface area (Å²) >= 11 is 0. The second kappa shape index (κ2) is 11.9. The molecule has 0 N–H and O–H groups in total. The summed E-state index contributed by atoms with van der Waals surface area (Å²) in [6.07, 6.45) is 4.44. The average Bonchev–Trinajstić information content (AvgIpc) is 3.40. The molecular weight excluding hydrogens is 492 g/mol. The van der Waals surface area contributed by atoms with Gasteiger partial charge in [0, 0.05) is 48.8 Å². The molecule has 2 aromatic heterocycles. The van der Waals surface area contributed by atoms with Crippen molar-refractivity contribution in [3.05, 3.63) is 60.2 Å².